The van der Waals surface area contributed by atoms with Gasteiger partial charge >= 0.3 is 12.1 Å². The first-order valence-electron chi connectivity index (χ1n) is 6.13. The van der Waals surface area contributed by atoms with Crippen LogP contribution in [0.3, 0.4) is 0 Å². The van der Waals surface area contributed by atoms with Gasteiger partial charge in [-0.1, -0.05) is 6.07 Å². The van der Waals surface area contributed by atoms with E-state index in [-0.39, 0.29) is 17.8 Å². The summed E-state index contributed by atoms with van der Waals surface area (Å²) in [7, 11) is 0. The van der Waals surface area contributed by atoms with Crippen LogP contribution in [-0.2, 0) is 17.4 Å². The van der Waals surface area contributed by atoms with E-state index in [0.29, 0.717) is 11.2 Å². The summed E-state index contributed by atoms with van der Waals surface area (Å²) in [6.45, 7) is 3.62. The van der Waals surface area contributed by atoms with E-state index in [1.165, 1.54) is 12.1 Å². The second kappa shape index (κ2) is 4.85. The zero-order valence-corrected chi connectivity index (χ0v) is 11.0. The first kappa shape index (κ1) is 14.4. The van der Waals surface area contributed by atoms with Crippen molar-refractivity contribution in [3.8, 4) is 0 Å². The lowest BCUT2D eigenvalue weighted by atomic mass is 10.1. The maximum Gasteiger partial charge on any atom is 0.417 e. The number of alkyl halides is 3. The molecule has 0 aliphatic rings. The fourth-order valence-electron chi connectivity index (χ4n) is 2.45. The molecule has 0 saturated heterocycles. The highest BCUT2D eigenvalue weighted by Gasteiger charge is 2.33. The van der Waals surface area contributed by atoms with Crippen LogP contribution in [0.1, 0.15) is 31.1 Å². The molecule has 108 valence electrons. The fourth-order valence-corrected chi connectivity index (χ4v) is 2.45. The van der Waals surface area contributed by atoms with Crippen LogP contribution in [0.25, 0.3) is 10.9 Å². The predicted molar refractivity (Wildman–Crippen MR) is 68.7 cm³/mol. The predicted octanol–water partition coefficient (Wildman–Crippen LogP) is 3.87. The lowest BCUT2D eigenvalue weighted by Crippen LogP contribution is -2.10. The Hall–Kier alpha value is -1.98. The van der Waals surface area contributed by atoms with Crippen molar-refractivity contribution in [1.29, 1.82) is 0 Å². The molecule has 0 aliphatic carbocycles. The number of halogens is 3. The summed E-state index contributed by atoms with van der Waals surface area (Å²) in [5, 5.41) is 8.94. The van der Waals surface area contributed by atoms with Crippen molar-refractivity contribution in [1.82, 2.24) is 4.57 Å². The van der Waals surface area contributed by atoms with E-state index in [9.17, 15) is 18.0 Å². The largest absolute Gasteiger partial charge is 0.481 e. The molecule has 0 amide bonds. The lowest BCUT2D eigenvalue weighted by Gasteiger charge is -2.14. The number of hydrogen-bond donors (Lipinski definition) is 1. The van der Waals surface area contributed by atoms with Gasteiger partial charge in [0.15, 0.2) is 0 Å². The standard InChI is InChI=1S/C14H14F3NO2/c1-8(2)18-9(7-13(19)20)6-10-11(14(15,16)17)4-3-5-12(10)18/h3-6,8H,7H2,1-2H3,(H,19,20). The van der Waals surface area contributed by atoms with Gasteiger partial charge in [0.1, 0.15) is 0 Å². The Morgan fingerprint density at radius 2 is 2.00 bits per heavy atom. The third-order valence-corrected chi connectivity index (χ3v) is 3.12. The minimum absolute atomic E-state index is 0.0463. The molecule has 1 aromatic carbocycles. The van der Waals surface area contributed by atoms with Gasteiger partial charge in [0.25, 0.3) is 0 Å². The molecule has 3 nitrogen and oxygen atoms in total. The molecule has 0 spiro atoms. The van der Waals surface area contributed by atoms with Crippen molar-refractivity contribution in [2.75, 3.05) is 0 Å². The summed E-state index contributed by atoms with van der Waals surface area (Å²) >= 11 is 0. The second-order valence-corrected chi connectivity index (χ2v) is 4.91. The summed E-state index contributed by atoms with van der Waals surface area (Å²) in [6.07, 6.45) is -4.76. The van der Waals surface area contributed by atoms with Crippen LogP contribution in [0.4, 0.5) is 13.2 Å². The number of carbonyl (C=O) groups is 1. The van der Waals surface area contributed by atoms with Gasteiger partial charge in [-0.25, -0.2) is 0 Å². The highest BCUT2D eigenvalue weighted by Crippen LogP contribution is 2.37. The van der Waals surface area contributed by atoms with Crippen LogP contribution in [0.5, 0.6) is 0 Å². The molecule has 2 rings (SSSR count). The Morgan fingerprint density at radius 1 is 1.35 bits per heavy atom. The maximum absolute atomic E-state index is 13.0. The number of nitrogens with zero attached hydrogens (tertiary/aromatic N) is 1. The Labute approximate surface area is 113 Å². The fraction of sp³-hybridized carbons (Fsp3) is 0.357. The molecule has 6 heteroatoms. The average Bonchev–Trinajstić information content (AvgIpc) is 2.63. The van der Waals surface area contributed by atoms with Crippen LogP contribution < -0.4 is 0 Å². The van der Waals surface area contributed by atoms with E-state index in [0.717, 1.165) is 6.07 Å². The van der Waals surface area contributed by atoms with Gasteiger partial charge < -0.3 is 9.67 Å². The average molecular weight is 285 g/mol. The molecule has 1 aromatic heterocycles. The van der Waals surface area contributed by atoms with E-state index in [1.54, 1.807) is 10.6 Å². The van der Waals surface area contributed by atoms with Gasteiger partial charge in [-0.15, -0.1) is 0 Å². The van der Waals surface area contributed by atoms with E-state index >= 15 is 0 Å². The topological polar surface area (TPSA) is 42.2 Å². The van der Waals surface area contributed by atoms with E-state index in [4.69, 9.17) is 5.11 Å². The Balaban J connectivity index is 2.76. The third kappa shape index (κ3) is 2.50. The third-order valence-electron chi connectivity index (χ3n) is 3.12. The first-order valence-corrected chi connectivity index (χ1v) is 6.13. The molecular weight excluding hydrogens is 271 g/mol. The zero-order valence-electron chi connectivity index (χ0n) is 11.0. The second-order valence-electron chi connectivity index (χ2n) is 4.91. The van der Waals surface area contributed by atoms with Gasteiger partial charge in [-0.05, 0) is 32.0 Å². The summed E-state index contributed by atoms with van der Waals surface area (Å²) in [5.74, 6) is -1.07. The minimum atomic E-state index is -4.46. The molecule has 0 atom stereocenters. The van der Waals surface area contributed by atoms with Crippen LogP contribution in [-0.4, -0.2) is 15.6 Å². The number of aliphatic carboxylic acids is 1. The number of carboxylic acids is 1. The zero-order chi connectivity index (χ0) is 15.1. The molecular formula is C14H14F3NO2. The normalized spacial score (nSPS) is 12.3. The van der Waals surface area contributed by atoms with E-state index < -0.39 is 17.7 Å². The van der Waals surface area contributed by atoms with Crippen molar-refractivity contribution >= 4 is 16.9 Å². The SMILES string of the molecule is CC(C)n1c(CC(=O)O)cc2c(C(F)(F)F)cccc21. The molecule has 20 heavy (non-hydrogen) atoms. The Bertz CT molecular complexity index is 656. The molecule has 0 radical (unpaired) electrons. The number of rotatable bonds is 3. The van der Waals surface area contributed by atoms with Gasteiger partial charge in [0.2, 0.25) is 0 Å². The van der Waals surface area contributed by atoms with Crippen LogP contribution in [0.15, 0.2) is 24.3 Å². The smallest absolute Gasteiger partial charge is 0.417 e. The lowest BCUT2D eigenvalue weighted by molar-refractivity contribution is -0.137. The highest BCUT2D eigenvalue weighted by atomic mass is 19.4. The molecule has 0 aliphatic heterocycles. The van der Waals surface area contributed by atoms with Crippen LogP contribution in [0, 0.1) is 0 Å². The number of benzene rings is 1. The maximum atomic E-state index is 13.0. The summed E-state index contributed by atoms with van der Waals surface area (Å²) in [5.41, 5.74) is 0.0475. The number of carboxylic acid groups (broad SMARTS) is 1. The quantitative estimate of drug-likeness (QED) is 0.930. The molecule has 0 saturated carbocycles. The number of fused-ring (bicyclic) bond motifs is 1. The monoisotopic (exact) mass is 285 g/mol. The van der Waals surface area contributed by atoms with E-state index in [2.05, 4.69) is 0 Å². The summed E-state index contributed by atoms with van der Waals surface area (Å²) in [6, 6.07) is 5.14. The first-order chi connectivity index (χ1) is 9.21. The molecule has 0 unspecified atom stereocenters. The Kier molecular flexibility index (Phi) is 3.50. The van der Waals surface area contributed by atoms with E-state index in [1.807, 2.05) is 13.8 Å². The molecule has 0 fully saturated rings. The van der Waals surface area contributed by atoms with Crippen molar-refractivity contribution in [2.45, 2.75) is 32.5 Å². The van der Waals surface area contributed by atoms with Crippen molar-refractivity contribution in [2.24, 2.45) is 0 Å². The molecule has 2 aromatic rings. The van der Waals surface area contributed by atoms with Gasteiger partial charge in [-0.2, -0.15) is 13.2 Å². The van der Waals surface area contributed by atoms with Gasteiger partial charge in [-0.3, -0.25) is 4.79 Å². The molecule has 1 N–H and O–H groups in total. The van der Waals surface area contributed by atoms with Gasteiger partial charge in [0, 0.05) is 22.6 Å². The number of hydrogen-bond acceptors (Lipinski definition) is 1. The summed E-state index contributed by atoms with van der Waals surface area (Å²) in [4.78, 5) is 10.9. The molecule has 0 bridgehead atoms. The summed E-state index contributed by atoms with van der Waals surface area (Å²) < 4.78 is 40.6. The Morgan fingerprint density at radius 3 is 2.50 bits per heavy atom. The van der Waals surface area contributed by atoms with Crippen LogP contribution >= 0.6 is 0 Å². The van der Waals surface area contributed by atoms with Gasteiger partial charge in [0.05, 0.1) is 12.0 Å². The number of aromatic nitrogens is 1. The van der Waals surface area contributed by atoms with Crippen molar-refractivity contribution in [3.63, 3.8) is 0 Å². The minimum Gasteiger partial charge on any atom is -0.481 e. The van der Waals surface area contributed by atoms with Crippen LogP contribution in [0.2, 0.25) is 0 Å². The van der Waals surface area contributed by atoms with Crippen molar-refractivity contribution in [3.05, 3.63) is 35.5 Å². The van der Waals surface area contributed by atoms with Crippen molar-refractivity contribution < 1.29 is 23.1 Å². The highest BCUT2D eigenvalue weighted by molar-refractivity contribution is 5.86. The molecule has 1 heterocycles.